The molecule has 2 atom stereocenters. The van der Waals surface area contributed by atoms with E-state index in [1.54, 1.807) is 0 Å². The van der Waals surface area contributed by atoms with Gasteiger partial charge in [0.15, 0.2) is 0 Å². The zero-order chi connectivity index (χ0) is 40.1. The molecule has 6 aromatic carbocycles. The van der Waals surface area contributed by atoms with Crippen molar-refractivity contribution in [1.82, 2.24) is 4.98 Å². The van der Waals surface area contributed by atoms with E-state index in [1.165, 1.54) is 50.1 Å². The highest BCUT2D eigenvalue weighted by molar-refractivity contribution is 5.84. The van der Waals surface area contributed by atoms with Gasteiger partial charge in [-0.05, 0) is 98.0 Å². The van der Waals surface area contributed by atoms with Gasteiger partial charge in [-0.25, -0.2) is 0 Å². The lowest BCUT2D eigenvalue weighted by Crippen LogP contribution is -2.41. The highest BCUT2D eigenvalue weighted by Gasteiger charge is 2.57. The summed E-state index contributed by atoms with van der Waals surface area (Å²) in [7, 11) is 0. The SMILES string of the molecule is C#C/C(=C\C=C(/C)c1ccccc1)c1ccc2c(c1)C1C(=CC=CC1c1cc(-c3ccccc3)cc(-c3ccccc3)n1)C21c2ccccc2C(C)(C)c2ccccc21. The molecule has 3 aliphatic rings. The first kappa shape index (κ1) is 36.3. The highest BCUT2D eigenvalue weighted by Crippen LogP contribution is 2.66. The van der Waals surface area contributed by atoms with Gasteiger partial charge >= 0.3 is 0 Å². The molecule has 1 heterocycles. The van der Waals surface area contributed by atoms with Gasteiger partial charge < -0.3 is 0 Å². The summed E-state index contributed by atoms with van der Waals surface area (Å²) in [6, 6.07) is 61.7. The molecule has 59 heavy (non-hydrogen) atoms. The van der Waals surface area contributed by atoms with Crippen molar-refractivity contribution >= 4 is 11.1 Å². The number of fused-ring (bicyclic) bond motifs is 9. The van der Waals surface area contributed by atoms with Crippen LogP contribution in [0.1, 0.15) is 82.8 Å². The number of terminal acetylenes is 1. The molecule has 0 bridgehead atoms. The van der Waals surface area contributed by atoms with Gasteiger partial charge in [-0.1, -0.05) is 196 Å². The molecule has 0 amide bonds. The number of benzene rings is 6. The first-order valence-electron chi connectivity index (χ1n) is 20.7. The Labute approximate surface area is 348 Å². The van der Waals surface area contributed by atoms with E-state index in [0.29, 0.717) is 0 Å². The zero-order valence-corrected chi connectivity index (χ0v) is 33.7. The Morgan fingerprint density at radius 2 is 1.19 bits per heavy atom. The number of hydrogen-bond acceptors (Lipinski definition) is 1. The summed E-state index contributed by atoms with van der Waals surface area (Å²) in [6.45, 7) is 6.90. The highest BCUT2D eigenvalue weighted by atomic mass is 14.7. The van der Waals surface area contributed by atoms with Gasteiger partial charge in [0.1, 0.15) is 0 Å². The lowest BCUT2D eigenvalue weighted by atomic mass is 9.54. The molecule has 1 nitrogen and oxygen atoms in total. The molecular formula is C58H45N. The fraction of sp³-hybridized carbons (Fsp3) is 0.121. The second-order valence-corrected chi connectivity index (χ2v) is 16.6. The third-order valence-corrected chi connectivity index (χ3v) is 13.1. The van der Waals surface area contributed by atoms with Crippen LogP contribution in [0.2, 0.25) is 0 Å². The number of hydrogen-bond donors (Lipinski definition) is 0. The van der Waals surface area contributed by atoms with Crippen LogP contribution in [-0.4, -0.2) is 4.98 Å². The van der Waals surface area contributed by atoms with E-state index in [2.05, 4.69) is 221 Å². The predicted molar refractivity (Wildman–Crippen MR) is 246 cm³/mol. The van der Waals surface area contributed by atoms with Gasteiger partial charge in [0.2, 0.25) is 0 Å². The van der Waals surface area contributed by atoms with E-state index in [9.17, 15) is 0 Å². The molecular weight excluding hydrogens is 711 g/mol. The molecule has 7 aromatic rings. The van der Waals surface area contributed by atoms with Crippen molar-refractivity contribution < 1.29 is 0 Å². The van der Waals surface area contributed by atoms with E-state index in [-0.39, 0.29) is 17.3 Å². The second-order valence-electron chi connectivity index (χ2n) is 16.6. The standard InChI is InChI=1S/C58H45N/c1-5-40(33-32-39(2)41-20-9-6-10-21-41)44-34-35-48-47(36-44)56-46(55-38-45(42-22-11-7-12-23-42)37-54(59-55)43-24-13-8-14-25-43)26-19-31-53(56)58(48)51-29-17-15-27-49(51)57(3,4)50-28-16-18-30-52(50)58/h1,6-38,46,56H,2-4H3/b39-32+,40-33+. The number of rotatable bonds is 6. The molecule has 0 N–H and O–H groups in total. The molecule has 1 aromatic heterocycles. The lowest BCUT2D eigenvalue weighted by molar-refractivity contribution is 0.545. The van der Waals surface area contributed by atoms with Crippen molar-refractivity contribution in [2.45, 2.75) is 43.4 Å². The van der Waals surface area contributed by atoms with Crippen molar-refractivity contribution in [1.29, 1.82) is 0 Å². The molecule has 0 radical (unpaired) electrons. The maximum absolute atomic E-state index is 6.38. The summed E-state index contributed by atoms with van der Waals surface area (Å²) in [5.74, 6) is 3.03. The van der Waals surface area contributed by atoms with Gasteiger partial charge in [0, 0.05) is 34.1 Å². The van der Waals surface area contributed by atoms with Crippen molar-refractivity contribution in [3.8, 4) is 34.7 Å². The van der Waals surface area contributed by atoms with E-state index in [1.807, 2.05) is 6.07 Å². The van der Waals surface area contributed by atoms with Gasteiger partial charge in [-0.2, -0.15) is 0 Å². The van der Waals surface area contributed by atoms with Crippen LogP contribution in [0.3, 0.4) is 0 Å². The number of aromatic nitrogens is 1. The van der Waals surface area contributed by atoms with Crippen LogP contribution in [0, 0.1) is 12.3 Å². The third kappa shape index (κ3) is 5.82. The van der Waals surface area contributed by atoms with Gasteiger partial charge in [0.05, 0.1) is 11.1 Å². The third-order valence-electron chi connectivity index (χ3n) is 13.1. The smallest absolute Gasteiger partial charge is 0.0711 e. The molecule has 1 heteroatoms. The van der Waals surface area contributed by atoms with Crippen molar-refractivity contribution in [3.05, 3.63) is 256 Å². The molecule has 0 fully saturated rings. The molecule has 10 rings (SSSR count). The van der Waals surface area contributed by atoms with Crippen molar-refractivity contribution in [3.63, 3.8) is 0 Å². The lowest BCUT2D eigenvalue weighted by Gasteiger charge is -2.47. The summed E-state index contributed by atoms with van der Waals surface area (Å²) in [5.41, 5.74) is 18.5. The minimum atomic E-state index is -0.507. The maximum Gasteiger partial charge on any atom is 0.0711 e. The Morgan fingerprint density at radius 3 is 1.83 bits per heavy atom. The van der Waals surface area contributed by atoms with Crippen LogP contribution < -0.4 is 0 Å². The van der Waals surface area contributed by atoms with Crippen LogP contribution in [-0.2, 0) is 10.8 Å². The van der Waals surface area contributed by atoms with E-state index < -0.39 is 5.41 Å². The average molecular weight is 756 g/mol. The summed E-state index contributed by atoms with van der Waals surface area (Å²) < 4.78 is 0. The summed E-state index contributed by atoms with van der Waals surface area (Å²) in [6.07, 6.45) is 17.7. The Morgan fingerprint density at radius 1 is 0.593 bits per heavy atom. The van der Waals surface area contributed by atoms with Crippen molar-refractivity contribution in [2.75, 3.05) is 0 Å². The van der Waals surface area contributed by atoms with E-state index >= 15 is 0 Å². The molecule has 282 valence electrons. The van der Waals surface area contributed by atoms with Crippen LogP contribution >= 0.6 is 0 Å². The van der Waals surface area contributed by atoms with Crippen LogP contribution in [0.5, 0.6) is 0 Å². The number of nitrogens with zero attached hydrogens (tertiary/aromatic N) is 1. The first-order valence-corrected chi connectivity index (χ1v) is 20.7. The van der Waals surface area contributed by atoms with E-state index in [0.717, 1.165) is 39.2 Å². The van der Waals surface area contributed by atoms with Gasteiger partial charge in [-0.15, -0.1) is 6.42 Å². The van der Waals surface area contributed by atoms with Gasteiger partial charge in [0.25, 0.3) is 0 Å². The molecule has 1 spiro atoms. The largest absolute Gasteiger partial charge is 0.252 e. The summed E-state index contributed by atoms with van der Waals surface area (Å²) in [4.78, 5) is 5.55. The fourth-order valence-corrected chi connectivity index (χ4v) is 10.3. The molecule has 0 saturated heterocycles. The number of pyridine rings is 1. The normalized spacial score (nSPS) is 18.2. The zero-order valence-electron chi connectivity index (χ0n) is 33.7. The van der Waals surface area contributed by atoms with Crippen LogP contribution in [0.15, 0.2) is 206 Å². The Hall–Kier alpha value is -7.01. The van der Waals surface area contributed by atoms with Gasteiger partial charge in [-0.3, -0.25) is 4.98 Å². The topological polar surface area (TPSA) is 12.9 Å². The minimum absolute atomic E-state index is 0.0000395. The van der Waals surface area contributed by atoms with Crippen LogP contribution in [0.25, 0.3) is 33.5 Å². The summed E-state index contributed by atoms with van der Waals surface area (Å²) in [5, 5.41) is 0. The van der Waals surface area contributed by atoms with Crippen molar-refractivity contribution in [2.24, 2.45) is 0 Å². The number of allylic oxidation sites excluding steroid dienone is 8. The predicted octanol–water partition coefficient (Wildman–Crippen LogP) is 13.9. The average Bonchev–Trinajstić information content (AvgIpc) is 3.59. The quantitative estimate of drug-likeness (QED) is 0.122. The molecule has 2 unspecified atom stereocenters. The Bertz CT molecular complexity index is 2810. The Kier molecular flexibility index (Phi) is 8.88. The monoisotopic (exact) mass is 755 g/mol. The molecule has 0 aliphatic heterocycles. The minimum Gasteiger partial charge on any atom is -0.252 e. The second kappa shape index (κ2) is 14.4. The molecule has 3 aliphatic carbocycles. The molecule has 0 saturated carbocycles. The van der Waals surface area contributed by atoms with E-state index in [4.69, 9.17) is 11.4 Å². The first-order chi connectivity index (χ1) is 28.9. The fourth-order valence-electron chi connectivity index (χ4n) is 10.3. The Balaban J connectivity index is 1.23. The summed E-state index contributed by atoms with van der Waals surface area (Å²) >= 11 is 0. The van der Waals surface area contributed by atoms with Crippen LogP contribution in [0.4, 0.5) is 0 Å². The maximum atomic E-state index is 6.38.